The summed E-state index contributed by atoms with van der Waals surface area (Å²) < 4.78 is 25.7. The second-order valence-corrected chi connectivity index (χ2v) is 10.2. The second kappa shape index (κ2) is 10.0. The van der Waals surface area contributed by atoms with E-state index in [1.54, 1.807) is 23.1 Å². The van der Waals surface area contributed by atoms with Crippen LogP contribution < -0.4 is 5.32 Å². The van der Waals surface area contributed by atoms with Crippen molar-refractivity contribution in [2.45, 2.75) is 13.0 Å². The first-order valence-corrected chi connectivity index (χ1v) is 12.5. The van der Waals surface area contributed by atoms with E-state index in [1.165, 1.54) is 17.3 Å². The average Bonchev–Trinajstić information content (AvgIpc) is 2.72. The van der Waals surface area contributed by atoms with Crippen molar-refractivity contribution in [1.29, 1.82) is 0 Å². The van der Waals surface area contributed by atoms with Gasteiger partial charge in [0.05, 0.1) is 12.3 Å². The van der Waals surface area contributed by atoms with Gasteiger partial charge < -0.3 is 10.2 Å². The Morgan fingerprint density at radius 2 is 1.88 bits per heavy atom. The lowest BCUT2D eigenvalue weighted by Gasteiger charge is -2.40. The van der Waals surface area contributed by atoms with Crippen LogP contribution in [0.3, 0.4) is 0 Å². The highest BCUT2D eigenvalue weighted by atomic mass is 35.5. The van der Waals surface area contributed by atoms with Crippen molar-refractivity contribution in [3.05, 3.63) is 64.7 Å². The standard InChI is InChI=1S/C22H23Cl2N3O4S/c1-15(28)25-20-5-3-4-16(13-20)17-10-18(12-19(24)11-17)21-14-26(32(2,30)31)8-9-27(21)22(29)6-7-23/h3-7,10-13,21H,8-9,14H2,1-2H3,(H,25,28). The van der Waals surface area contributed by atoms with E-state index in [0.717, 1.165) is 22.9 Å². The first-order chi connectivity index (χ1) is 15.1. The minimum absolute atomic E-state index is 0.104. The topological polar surface area (TPSA) is 86.8 Å². The van der Waals surface area contributed by atoms with Gasteiger partial charge in [0.2, 0.25) is 21.8 Å². The minimum atomic E-state index is -3.44. The Kier molecular flexibility index (Phi) is 7.61. The van der Waals surface area contributed by atoms with E-state index < -0.39 is 16.1 Å². The molecule has 0 spiro atoms. The zero-order valence-electron chi connectivity index (χ0n) is 17.6. The molecule has 1 aliphatic heterocycles. The van der Waals surface area contributed by atoms with E-state index in [0.29, 0.717) is 16.3 Å². The number of sulfonamides is 1. The van der Waals surface area contributed by atoms with Gasteiger partial charge in [-0.25, -0.2) is 8.42 Å². The number of hydrogen-bond donors (Lipinski definition) is 1. The molecule has 1 N–H and O–H groups in total. The van der Waals surface area contributed by atoms with Gasteiger partial charge in [0.15, 0.2) is 0 Å². The first-order valence-electron chi connectivity index (χ1n) is 9.79. The molecule has 1 fully saturated rings. The van der Waals surface area contributed by atoms with Crippen molar-refractivity contribution in [2.24, 2.45) is 0 Å². The highest BCUT2D eigenvalue weighted by molar-refractivity contribution is 7.88. The number of benzene rings is 2. The summed E-state index contributed by atoms with van der Waals surface area (Å²) in [4.78, 5) is 25.6. The molecule has 2 amide bonds. The number of amides is 2. The summed E-state index contributed by atoms with van der Waals surface area (Å²) in [5.74, 6) is -0.495. The van der Waals surface area contributed by atoms with E-state index in [4.69, 9.17) is 23.2 Å². The minimum Gasteiger partial charge on any atom is -0.329 e. The lowest BCUT2D eigenvalue weighted by molar-refractivity contribution is -0.130. The molecule has 1 heterocycles. The maximum Gasteiger partial charge on any atom is 0.248 e. The third kappa shape index (κ3) is 5.89. The number of nitrogens with one attached hydrogen (secondary N) is 1. The molecule has 1 saturated heterocycles. The predicted octanol–water partition coefficient (Wildman–Crippen LogP) is 3.86. The molecule has 1 unspecified atom stereocenters. The van der Waals surface area contributed by atoms with Crippen molar-refractivity contribution in [3.63, 3.8) is 0 Å². The molecular formula is C22H23Cl2N3O4S. The van der Waals surface area contributed by atoms with Crippen LogP contribution in [0.2, 0.25) is 5.02 Å². The fourth-order valence-electron chi connectivity index (χ4n) is 3.71. The molecule has 0 radical (unpaired) electrons. The molecule has 10 heteroatoms. The van der Waals surface area contributed by atoms with Crippen LogP contribution in [0.25, 0.3) is 11.1 Å². The number of nitrogens with zero attached hydrogens (tertiary/aromatic N) is 2. The van der Waals surface area contributed by atoms with Gasteiger partial charge in [0, 0.05) is 48.9 Å². The highest BCUT2D eigenvalue weighted by Crippen LogP contribution is 2.33. The molecule has 3 rings (SSSR count). The van der Waals surface area contributed by atoms with Gasteiger partial charge in [-0.3, -0.25) is 9.59 Å². The summed E-state index contributed by atoms with van der Waals surface area (Å²) in [6, 6.07) is 12.1. The fraction of sp³-hybridized carbons (Fsp3) is 0.273. The lowest BCUT2D eigenvalue weighted by Crippen LogP contribution is -2.51. The lowest BCUT2D eigenvalue weighted by atomic mass is 9.97. The van der Waals surface area contributed by atoms with Gasteiger partial charge in [-0.15, -0.1) is 0 Å². The molecule has 0 aliphatic carbocycles. The molecule has 2 aromatic rings. The van der Waals surface area contributed by atoms with Crippen molar-refractivity contribution in [1.82, 2.24) is 9.21 Å². The molecular weight excluding hydrogens is 473 g/mol. The van der Waals surface area contributed by atoms with E-state index in [1.807, 2.05) is 24.3 Å². The smallest absolute Gasteiger partial charge is 0.248 e. The second-order valence-electron chi connectivity index (χ2n) is 7.50. The molecule has 2 aromatic carbocycles. The zero-order chi connectivity index (χ0) is 23.5. The average molecular weight is 496 g/mol. The van der Waals surface area contributed by atoms with Gasteiger partial charge in [0.25, 0.3) is 0 Å². The van der Waals surface area contributed by atoms with Crippen LogP contribution in [-0.4, -0.2) is 55.3 Å². The first kappa shape index (κ1) is 24.3. The Labute approximate surface area is 197 Å². The van der Waals surface area contributed by atoms with Gasteiger partial charge in [0.1, 0.15) is 0 Å². The number of hydrogen-bond acceptors (Lipinski definition) is 4. The molecule has 1 atom stereocenters. The molecule has 0 aromatic heterocycles. The van der Waals surface area contributed by atoms with Crippen LogP contribution in [-0.2, 0) is 19.6 Å². The molecule has 170 valence electrons. The monoisotopic (exact) mass is 495 g/mol. The Hall–Kier alpha value is -2.39. The van der Waals surface area contributed by atoms with Crippen molar-refractivity contribution in [3.8, 4) is 11.1 Å². The maximum atomic E-state index is 12.6. The summed E-state index contributed by atoms with van der Waals surface area (Å²) >= 11 is 12.0. The van der Waals surface area contributed by atoms with Crippen molar-refractivity contribution in [2.75, 3.05) is 31.2 Å². The number of carbonyl (C=O) groups is 2. The van der Waals surface area contributed by atoms with Crippen LogP contribution in [0.1, 0.15) is 18.5 Å². The summed E-state index contributed by atoms with van der Waals surface area (Å²) in [6.45, 7) is 1.95. The van der Waals surface area contributed by atoms with Crippen molar-refractivity contribution >= 4 is 50.7 Å². The number of rotatable bonds is 5. The summed E-state index contributed by atoms with van der Waals surface area (Å²) in [7, 11) is -3.44. The maximum absolute atomic E-state index is 12.6. The van der Waals surface area contributed by atoms with E-state index >= 15 is 0 Å². The van der Waals surface area contributed by atoms with Gasteiger partial charge in [-0.2, -0.15) is 4.31 Å². The van der Waals surface area contributed by atoms with Gasteiger partial charge in [-0.1, -0.05) is 35.3 Å². The SMILES string of the molecule is CC(=O)Nc1cccc(-c2cc(Cl)cc(C3CN(S(C)(=O)=O)CCN3C(=O)C=CCl)c2)c1. The quantitative estimate of drug-likeness (QED) is 0.637. The Morgan fingerprint density at radius 1 is 1.12 bits per heavy atom. The molecule has 7 nitrogen and oxygen atoms in total. The Balaban J connectivity index is 2.04. The molecule has 1 aliphatic rings. The van der Waals surface area contributed by atoms with Crippen LogP contribution in [0.5, 0.6) is 0 Å². The van der Waals surface area contributed by atoms with Crippen LogP contribution >= 0.6 is 23.2 Å². The van der Waals surface area contributed by atoms with E-state index in [9.17, 15) is 18.0 Å². The largest absolute Gasteiger partial charge is 0.329 e. The number of halogens is 2. The predicted molar refractivity (Wildman–Crippen MR) is 127 cm³/mol. The molecule has 0 saturated carbocycles. The van der Waals surface area contributed by atoms with E-state index in [-0.39, 0.29) is 31.4 Å². The Morgan fingerprint density at radius 3 is 2.53 bits per heavy atom. The highest BCUT2D eigenvalue weighted by Gasteiger charge is 2.34. The summed E-state index contributed by atoms with van der Waals surface area (Å²) in [6.07, 6.45) is 2.39. The van der Waals surface area contributed by atoms with Gasteiger partial charge in [-0.05, 0) is 47.0 Å². The van der Waals surface area contributed by atoms with Crippen LogP contribution in [0, 0.1) is 0 Å². The van der Waals surface area contributed by atoms with Crippen molar-refractivity contribution < 1.29 is 18.0 Å². The molecule has 0 bridgehead atoms. The van der Waals surface area contributed by atoms with Crippen LogP contribution in [0.4, 0.5) is 5.69 Å². The number of anilines is 1. The summed E-state index contributed by atoms with van der Waals surface area (Å²) in [5, 5.41) is 3.19. The van der Waals surface area contributed by atoms with Crippen LogP contribution in [0.15, 0.2) is 54.1 Å². The third-order valence-corrected chi connectivity index (χ3v) is 6.74. The normalized spacial score (nSPS) is 17.5. The van der Waals surface area contributed by atoms with Gasteiger partial charge >= 0.3 is 0 Å². The number of carbonyl (C=O) groups excluding carboxylic acids is 2. The number of piperazine rings is 1. The fourth-order valence-corrected chi connectivity index (χ4v) is 4.89. The Bertz CT molecular complexity index is 1170. The van der Waals surface area contributed by atoms with E-state index in [2.05, 4.69) is 5.32 Å². The zero-order valence-corrected chi connectivity index (χ0v) is 19.9. The molecule has 32 heavy (non-hydrogen) atoms. The third-order valence-electron chi connectivity index (χ3n) is 5.12. The summed E-state index contributed by atoms with van der Waals surface area (Å²) in [5.41, 5.74) is 4.06.